The van der Waals surface area contributed by atoms with E-state index in [1.807, 2.05) is 55.5 Å². The first-order valence-corrected chi connectivity index (χ1v) is 6.86. The van der Waals surface area contributed by atoms with Crippen molar-refractivity contribution < 1.29 is 14.6 Å². The third kappa shape index (κ3) is 4.87. The smallest absolute Gasteiger partial charge is 0.120 e. The zero-order valence-corrected chi connectivity index (χ0v) is 12.0. The lowest BCUT2D eigenvalue weighted by Gasteiger charge is -2.08. The lowest BCUT2D eigenvalue weighted by Crippen LogP contribution is -1.96. The number of ether oxygens (including phenoxy) is 2. The van der Waals surface area contributed by atoms with E-state index in [2.05, 4.69) is 11.8 Å². The minimum absolute atomic E-state index is 0.122. The van der Waals surface area contributed by atoms with Gasteiger partial charge in [-0.25, -0.2) is 0 Å². The van der Waals surface area contributed by atoms with Crippen molar-refractivity contribution in [1.82, 2.24) is 0 Å². The fourth-order valence-electron chi connectivity index (χ4n) is 1.79. The number of benzene rings is 2. The molecule has 2 rings (SSSR count). The SMILES string of the molecule is CCOc1ccc(OCc2ccc(C#CCO)cc2)cc1. The summed E-state index contributed by atoms with van der Waals surface area (Å²) >= 11 is 0. The fourth-order valence-corrected chi connectivity index (χ4v) is 1.79. The van der Waals surface area contributed by atoms with E-state index in [0.717, 1.165) is 22.6 Å². The van der Waals surface area contributed by atoms with Crippen LogP contribution >= 0.6 is 0 Å². The summed E-state index contributed by atoms with van der Waals surface area (Å²) in [6.07, 6.45) is 0. The Labute approximate surface area is 125 Å². The molecule has 0 fully saturated rings. The minimum atomic E-state index is -0.122. The van der Waals surface area contributed by atoms with Crippen molar-refractivity contribution in [2.75, 3.05) is 13.2 Å². The van der Waals surface area contributed by atoms with Crippen LogP contribution in [0.1, 0.15) is 18.1 Å². The largest absolute Gasteiger partial charge is 0.494 e. The minimum Gasteiger partial charge on any atom is -0.494 e. The van der Waals surface area contributed by atoms with E-state index in [4.69, 9.17) is 14.6 Å². The highest BCUT2D eigenvalue weighted by molar-refractivity contribution is 5.36. The van der Waals surface area contributed by atoms with Crippen molar-refractivity contribution >= 4 is 0 Å². The summed E-state index contributed by atoms with van der Waals surface area (Å²) < 4.78 is 11.1. The van der Waals surface area contributed by atoms with Gasteiger partial charge in [0.05, 0.1) is 6.61 Å². The average molecular weight is 282 g/mol. The molecule has 0 amide bonds. The molecule has 0 bridgehead atoms. The molecule has 0 atom stereocenters. The maximum atomic E-state index is 8.64. The molecule has 2 aromatic carbocycles. The van der Waals surface area contributed by atoms with Crippen molar-refractivity contribution in [2.24, 2.45) is 0 Å². The molecule has 0 spiro atoms. The summed E-state index contributed by atoms with van der Waals surface area (Å²) in [6.45, 7) is 3.00. The summed E-state index contributed by atoms with van der Waals surface area (Å²) in [6, 6.07) is 15.3. The third-order valence-corrected chi connectivity index (χ3v) is 2.81. The van der Waals surface area contributed by atoms with Gasteiger partial charge in [-0.15, -0.1) is 0 Å². The highest BCUT2D eigenvalue weighted by Crippen LogP contribution is 2.18. The Hall–Kier alpha value is -2.44. The van der Waals surface area contributed by atoms with Gasteiger partial charge in [0.15, 0.2) is 0 Å². The number of hydrogen-bond donors (Lipinski definition) is 1. The van der Waals surface area contributed by atoms with Crippen LogP contribution < -0.4 is 9.47 Å². The summed E-state index contributed by atoms with van der Waals surface area (Å²) in [5.74, 6) is 7.13. The predicted octanol–water partition coefficient (Wildman–Crippen LogP) is 3.01. The molecule has 0 heterocycles. The summed E-state index contributed by atoms with van der Waals surface area (Å²) in [7, 11) is 0. The first kappa shape index (κ1) is 15.0. The molecule has 3 heteroatoms. The van der Waals surface area contributed by atoms with Crippen molar-refractivity contribution in [3.05, 3.63) is 59.7 Å². The Morgan fingerprint density at radius 1 is 0.905 bits per heavy atom. The first-order valence-electron chi connectivity index (χ1n) is 6.86. The van der Waals surface area contributed by atoms with Crippen LogP contribution in [0, 0.1) is 11.8 Å². The molecule has 0 aliphatic carbocycles. The monoisotopic (exact) mass is 282 g/mol. The first-order chi connectivity index (χ1) is 10.3. The maximum absolute atomic E-state index is 8.64. The van der Waals surface area contributed by atoms with Gasteiger partial charge in [-0.05, 0) is 48.9 Å². The third-order valence-electron chi connectivity index (χ3n) is 2.81. The molecule has 2 aromatic rings. The lowest BCUT2D eigenvalue weighted by molar-refractivity contribution is 0.304. The molecule has 108 valence electrons. The normalized spacial score (nSPS) is 9.62. The van der Waals surface area contributed by atoms with E-state index in [0.29, 0.717) is 13.2 Å². The van der Waals surface area contributed by atoms with Gasteiger partial charge in [0.1, 0.15) is 24.7 Å². The molecule has 0 aliphatic rings. The second-order valence-corrected chi connectivity index (χ2v) is 4.35. The lowest BCUT2D eigenvalue weighted by atomic mass is 10.1. The van der Waals surface area contributed by atoms with Crippen LogP contribution in [0.2, 0.25) is 0 Å². The van der Waals surface area contributed by atoms with Crippen molar-refractivity contribution in [3.8, 4) is 23.3 Å². The molecule has 0 radical (unpaired) electrons. The van der Waals surface area contributed by atoms with E-state index in [9.17, 15) is 0 Å². The van der Waals surface area contributed by atoms with Crippen LogP contribution in [0.25, 0.3) is 0 Å². The van der Waals surface area contributed by atoms with Crippen molar-refractivity contribution in [1.29, 1.82) is 0 Å². The summed E-state index contributed by atoms with van der Waals surface area (Å²) in [5, 5.41) is 8.64. The van der Waals surface area contributed by atoms with Crippen LogP contribution in [-0.4, -0.2) is 18.3 Å². The topological polar surface area (TPSA) is 38.7 Å². The van der Waals surface area contributed by atoms with Crippen LogP contribution in [0.15, 0.2) is 48.5 Å². The van der Waals surface area contributed by atoms with Gasteiger partial charge in [-0.3, -0.25) is 0 Å². The summed E-state index contributed by atoms with van der Waals surface area (Å²) in [5.41, 5.74) is 1.95. The van der Waals surface area contributed by atoms with E-state index in [1.165, 1.54) is 0 Å². The highest BCUT2D eigenvalue weighted by atomic mass is 16.5. The molecule has 1 N–H and O–H groups in total. The van der Waals surface area contributed by atoms with Gasteiger partial charge in [-0.1, -0.05) is 24.0 Å². The Morgan fingerprint density at radius 2 is 1.52 bits per heavy atom. The molecule has 0 aliphatic heterocycles. The zero-order valence-electron chi connectivity index (χ0n) is 12.0. The fraction of sp³-hybridized carbons (Fsp3) is 0.222. The number of aliphatic hydroxyl groups is 1. The van der Waals surface area contributed by atoms with Gasteiger partial charge in [-0.2, -0.15) is 0 Å². The van der Waals surface area contributed by atoms with E-state index >= 15 is 0 Å². The standard InChI is InChI=1S/C18H18O3/c1-2-20-17-9-11-18(12-10-17)21-14-16-7-5-15(6-8-16)4-3-13-19/h5-12,19H,2,13-14H2,1H3. The van der Waals surface area contributed by atoms with Crippen molar-refractivity contribution in [2.45, 2.75) is 13.5 Å². The second kappa shape index (κ2) is 7.98. The highest BCUT2D eigenvalue weighted by Gasteiger charge is 1.98. The van der Waals surface area contributed by atoms with E-state index < -0.39 is 0 Å². The Kier molecular flexibility index (Phi) is 5.69. The quantitative estimate of drug-likeness (QED) is 0.857. The van der Waals surface area contributed by atoms with E-state index in [1.54, 1.807) is 0 Å². The van der Waals surface area contributed by atoms with Crippen LogP contribution in [-0.2, 0) is 6.61 Å². The molecule has 0 saturated heterocycles. The van der Waals surface area contributed by atoms with Gasteiger partial charge >= 0.3 is 0 Å². The van der Waals surface area contributed by atoms with Gasteiger partial charge in [0.2, 0.25) is 0 Å². The van der Waals surface area contributed by atoms with E-state index in [-0.39, 0.29) is 6.61 Å². The van der Waals surface area contributed by atoms with Gasteiger partial charge in [0, 0.05) is 5.56 Å². The zero-order chi connectivity index (χ0) is 14.9. The molecular formula is C18H18O3. The molecule has 3 nitrogen and oxygen atoms in total. The van der Waals surface area contributed by atoms with Gasteiger partial charge in [0.25, 0.3) is 0 Å². The molecule has 0 unspecified atom stereocenters. The number of aliphatic hydroxyl groups excluding tert-OH is 1. The summed E-state index contributed by atoms with van der Waals surface area (Å²) in [4.78, 5) is 0. The average Bonchev–Trinajstić information content (AvgIpc) is 2.53. The Bertz CT molecular complexity index is 604. The Morgan fingerprint density at radius 3 is 2.10 bits per heavy atom. The molecular weight excluding hydrogens is 264 g/mol. The molecule has 0 saturated carbocycles. The van der Waals surface area contributed by atoms with Gasteiger partial charge < -0.3 is 14.6 Å². The van der Waals surface area contributed by atoms with Crippen molar-refractivity contribution in [3.63, 3.8) is 0 Å². The second-order valence-electron chi connectivity index (χ2n) is 4.35. The predicted molar refractivity (Wildman–Crippen MR) is 82.3 cm³/mol. The van der Waals surface area contributed by atoms with Crippen LogP contribution in [0.5, 0.6) is 11.5 Å². The van der Waals surface area contributed by atoms with Crippen LogP contribution in [0.3, 0.4) is 0 Å². The van der Waals surface area contributed by atoms with Crippen LogP contribution in [0.4, 0.5) is 0 Å². The number of hydrogen-bond acceptors (Lipinski definition) is 3. The molecule has 21 heavy (non-hydrogen) atoms. The number of rotatable bonds is 5. The maximum Gasteiger partial charge on any atom is 0.120 e. The Balaban J connectivity index is 1.90. The molecule has 0 aromatic heterocycles.